The first-order valence-electron chi connectivity index (χ1n) is 12.1. The highest BCUT2D eigenvalue weighted by Gasteiger charge is 2.51. The van der Waals surface area contributed by atoms with Gasteiger partial charge in [0, 0.05) is 36.3 Å². The summed E-state index contributed by atoms with van der Waals surface area (Å²) < 4.78 is 5.37. The van der Waals surface area contributed by atoms with E-state index in [9.17, 15) is 9.59 Å². The minimum Gasteiger partial charge on any atom is -0.379 e. The van der Waals surface area contributed by atoms with E-state index in [1.54, 1.807) is 0 Å². The van der Waals surface area contributed by atoms with E-state index in [2.05, 4.69) is 15.5 Å². The van der Waals surface area contributed by atoms with Crippen LogP contribution in [0.15, 0.2) is 24.3 Å². The zero-order chi connectivity index (χ0) is 21.3. The summed E-state index contributed by atoms with van der Waals surface area (Å²) in [5.41, 5.74) is 1.36. The van der Waals surface area contributed by atoms with E-state index >= 15 is 0 Å². The van der Waals surface area contributed by atoms with Crippen LogP contribution in [0.2, 0.25) is 0 Å². The van der Waals surface area contributed by atoms with Crippen molar-refractivity contribution < 1.29 is 14.3 Å². The standard InChI is InChI=1S/C25H35N3O3/c29-23(5-2-6-28-7-9-31-10-8-28)21-3-1-4-22(14-21)26-24(30)27-25-15-18-11-19(16-25)13-20(12-18)17-25/h1,3-4,14,18-20H,2,5-13,15-17H2,(H2,26,27,30). The molecule has 5 aliphatic rings. The lowest BCUT2D eigenvalue weighted by Gasteiger charge is -2.56. The molecule has 0 aromatic heterocycles. The Morgan fingerprint density at radius 1 is 1.03 bits per heavy atom. The lowest BCUT2D eigenvalue weighted by molar-refractivity contribution is -0.0127. The topological polar surface area (TPSA) is 70.7 Å². The van der Waals surface area contributed by atoms with Crippen molar-refractivity contribution in [3.8, 4) is 0 Å². The first-order valence-corrected chi connectivity index (χ1v) is 12.1. The van der Waals surface area contributed by atoms with Crippen molar-refractivity contribution in [1.82, 2.24) is 10.2 Å². The molecule has 2 amide bonds. The molecule has 168 valence electrons. The van der Waals surface area contributed by atoms with E-state index in [0.29, 0.717) is 17.7 Å². The van der Waals surface area contributed by atoms with Crippen LogP contribution in [0, 0.1) is 17.8 Å². The molecule has 4 bridgehead atoms. The van der Waals surface area contributed by atoms with Gasteiger partial charge in [-0.15, -0.1) is 0 Å². The number of hydrogen-bond acceptors (Lipinski definition) is 4. The average molecular weight is 426 g/mol. The Hall–Kier alpha value is -1.92. The highest BCUT2D eigenvalue weighted by molar-refractivity contribution is 5.98. The summed E-state index contributed by atoms with van der Waals surface area (Å²) in [6, 6.07) is 7.26. The highest BCUT2D eigenvalue weighted by atomic mass is 16.5. The summed E-state index contributed by atoms with van der Waals surface area (Å²) in [7, 11) is 0. The molecule has 1 aromatic rings. The van der Waals surface area contributed by atoms with Gasteiger partial charge in [-0.05, 0) is 81.4 Å². The number of rotatable bonds is 7. The van der Waals surface area contributed by atoms with Gasteiger partial charge < -0.3 is 15.4 Å². The number of hydrogen-bond donors (Lipinski definition) is 2. The number of anilines is 1. The lowest BCUT2D eigenvalue weighted by Crippen LogP contribution is -2.60. The first-order chi connectivity index (χ1) is 15.1. The fourth-order valence-corrected chi connectivity index (χ4v) is 6.87. The molecule has 1 saturated heterocycles. The molecule has 6 heteroatoms. The second kappa shape index (κ2) is 8.91. The number of nitrogens with zero attached hydrogens (tertiary/aromatic N) is 1. The van der Waals surface area contributed by atoms with Gasteiger partial charge in [-0.1, -0.05) is 12.1 Å². The maximum atomic E-state index is 12.8. The molecule has 6 rings (SSSR count). The van der Waals surface area contributed by atoms with Gasteiger partial charge in [-0.25, -0.2) is 4.79 Å². The predicted octanol–water partition coefficient (Wildman–Crippen LogP) is 4.07. The quantitative estimate of drug-likeness (QED) is 0.646. The van der Waals surface area contributed by atoms with Gasteiger partial charge in [0.05, 0.1) is 13.2 Å². The number of nitrogens with one attached hydrogen (secondary N) is 2. The van der Waals surface area contributed by atoms with Crippen LogP contribution in [-0.4, -0.2) is 55.1 Å². The molecule has 4 aliphatic carbocycles. The number of ketones is 1. The summed E-state index contributed by atoms with van der Waals surface area (Å²) in [6.45, 7) is 4.40. The zero-order valence-corrected chi connectivity index (χ0v) is 18.4. The third-order valence-electron chi connectivity index (χ3n) is 7.84. The molecular formula is C25H35N3O3. The van der Waals surface area contributed by atoms with Gasteiger partial charge in [-0.3, -0.25) is 9.69 Å². The molecule has 0 radical (unpaired) electrons. The van der Waals surface area contributed by atoms with E-state index in [0.717, 1.165) is 76.3 Å². The third kappa shape index (κ3) is 4.96. The first kappa shape index (κ1) is 21.0. The number of carbonyl (C=O) groups excluding carboxylic acids is 2. The number of ether oxygens (including phenoxy) is 1. The molecule has 4 saturated carbocycles. The zero-order valence-electron chi connectivity index (χ0n) is 18.4. The normalized spacial score (nSPS) is 32.1. The lowest BCUT2D eigenvalue weighted by atomic mass is 9.53. The monoisotopic (exact) mass is 425 g/mol. The molecule has 5 fully saturated rings. The van der Waals surface area contributed by atoms with Crippen LogP contribution >= 0.6 is 0 Å². The molecular weight excluding hydrogens is 390 g/mol. The average Bonchev–Trinajstić information content (AvgIpc) is 2.73. The second-order valence-electron chi connectivity index (χ2n) is 10.3. The fraction of sp³-hybridized carbons (Fsp3) is 0.680. The van der Waals surface area contributed by atoms with Crippen LogP contribution in [0.4, 0.5) is 10.5 Å². The maximum Gasteiger partial charge on any atom is 0.319 e. The van der Waals surface area contributed by atoms with Crippen LogP contribution in [0.5, 0.6) is 0 Å². The second-order valence-corrected chi connectivity index (χ2v) is 10.3. The van der Waals surface area contributed by atoms with E-state index in [1.807, 2.05) is 24.3 Å². The molecule has 1 aromatic carbocycles. The summed E-state index contributed by atoms with van der Waals surface area (Å²) in [6.07, 6.45) is 8.86. The third-order valence-corrected chi connectivity index (χ3v) is 7.84. The van der Waals surface area contributed by atoms with Crippen molar-refractivity contribution in [3.63, 3.8) is 0 Å². The van der Waals surface area contributed by atoms with Crippen LogP contribution in [0.3, 0.4) is 0 Å². The van der Waals surface area contributed by atoms with Crippen molar-refractivity contribution in [3.05, 3.63) is 29.8 Å². The Balaban J connectivity index is 1.13. The van der Waals surface area contributed by atoms with E-state index in [1.165, 1.54) is 19.3 Å². The van der Waals surface area contributed by atoms with Crippen LogP contribution in [0.1, 0.15) is 61.7 Å². The molecule has 0 spiro atoms. The summed E-state index contributed by atoms with van der Waals surface area (Å²) in [4.78, 5) is 27.8. The number of carbonyl (C=O) groups is 2. The Morgan fingerprint density at radius 2 is 1.71 bits per heavy atom. The fourth-order valence-electron chi connectivity index (χ4n) is 6.87. The minimum absolute atomic E-state index is 0.00818. The Morgan fingerprint density at radius 3 is 2.39 bits per heavy atom. The predicted molar refractivity (Wildman–Crippen MR) is 120 cm³/mol. The number of amides is 2. The number of morpholine rings is 1. The van der Waals surface area contributed by atoms with Crippen molar-refractivity contribution in [1.29, 1.82) is 0 Å². The van der Waals surface area contributed by atoms with Crippen LogP contribution in [-0.2, 0) is 4.74 Å². The Kier molecular flexibility index (Phi) is 6.02. The minimum atomic E-state index is -0.126. The number of benzene rings is 1. The molecule has 0 atom stereocenters. The van der Waals surface area contributed by atoms with Gasteiger partial charge in [0.15, 0.2) is 5.78 Å². The van der Waals surface area contributed by atoms with Crippen molar-refractivity contribution in [2.24, 2.45) is 17.8 Å². The molecule has 1 heterocycles. The molecule has 6 nitrogen and oxygen atoms in total. The Labute approximate surface area is 185 Å². The Bertz CT molecular complexity index is 783. The van der Waals surface area contributed by atoms with Gasteiger partial charge >= 0.3 is 6.03 Å². The van der Waals surface area contributed by atoms with Crippen molar-refractivity contribution in [2.75, 3.05) is 38.2 Å². The highest BCUT2D eigenvalue weighted by Crippen LogP contribution is 2.55. The summed E-state index contributed by atoms with van der Waals surface area (Å²) in [5.74, 6) is 2.53. The van der Waals surface area contributed by atoms with Crippen molar-refractivity contribution in [2.45, 2.75) is 56.9 Å². The van der Waals surface area contributed by atoms with Crippen LogP contribution in [0.25, 0.3) is 0 Å². The van der Waals surface area contributed by atoms with Crippen molar-refractivity contribution >= 4 is 17.5 Å². The van der Waals surface area contributed by atoms with Gasteiger partial charge in [0.1, 0.15) is 0 Å². The summed E-state index contributed by atoms with van der Waals surface area (Å²) in [5, 5.41) is 6.34. The number of urea groups is 1. The van der Waals surface area contributed by atoms with Gasteiger partial charge in [0.25, 0.3) is 0 Å². The molecule has 2 N–H and O–H groups in total. The van der Waals surface area contributed by atoms with Crippen LogP contribution < -0.4 is 10.6 Å². The molecule has 0 unspecified atom stereocenters. The largest absolute Gasteiger partial charge is 0.379 e. The van der Waals surface area contributed by atoms with Gasteiger partial charge in [-0.2, -0.15) is 0 Å². The maximum absolute atomic E-state index is 12.8. The van der Waals surface area contributed by atoms with E-state index < -0.39 is 0 Å². The SMILES string of the molecule is O=C(Nc1cccc(C(=O)CCCN2CCOCC2)c1)NC12CC3CC(CC(C3)C1)C2. The number of Topliss-reactive ketones (excluding diaryl/α,β-unsaturated/α-hetero) is 1. The summed E-state index contributed by atoms with van der Waals surface area (Å²) >= 11 is 0. The smallest absolute Gasteiger partial charge is 0.319 e. The van der Waals surface area contributed by atoms with E-state index in [4.69, 9.17) is 4.74 Å². The molecule has 1 aliphatic heterocycles. The van der Waals surface area contributed by atoms with Gasteiger partial charge in [0.2, 0.25) is 0 Å². The molecule has 31 heavy (non-hydrogen) atoms. The van der Waals surface area contributed by atoms with E-state index in [-0.39, 0.29) is 17.4 Å².